The average Bonchev–Trinajstić information content (AvgIpc) is 2.82. The van der Waals surface area contributed by atoms with Crippen LogP contribution < -0.4 is 0 Å². The molecule has 1 aromatic rings. The summed E-state index contributed by atoms with van der Waals surface area (Å²) < 4.78 is 13.8. The molecule has 22 heavy (non-hydrogen) atoms. The average molecular weight is 393 g/mol. The van der Waals surface area contributed by atoms with E-state index >= 15 is 0 Å². The van der Waals surface area contributed by atoms with E-state index in [1.165, 1.54) is 18.9 Å². The highest BCUT2D eigenvalue weighted by Crippen LogP contribution is 2.40. The molecule has 3 rings (SSSR count). The van der Waals surface area contributed by atoms with Crippen molar-refractivity contribution in [2.24, 2.45) is 5.92 Å². The van der Waals surface area contributed by atoms with E-state index < -0.39 is 12.0 Å². The molecule has 1 saturated carbocycles. The van der Waals surface area contributed by atoms with Gasteiger partial charge in [-0.1, -0.05) is 18.9 Å². The molecule has 2 aliphatic rings. The van der Waals surface area contributed by atoms with Crippen LogP contribution in [-0.4, -0.2) is 28.1 Å². The Morgan fingerprint density at radius 3 is 2.77 bits per heavy atom. The van der Waals surface area contributed by atoms with Crippen molar-refractivity contribution in [3.8, 4) is 0 Å². The quantitative estimate of drug-likeness (QED) is 0.837. The lowest BCUT2D eigenvalue weighted by Crippen LogP contribution is -2.41. The zero-order chi connectivity index (χ0) is 15.0. The van der Waals surface area contributed by atoms with Gasteiger partial charge in [-0.15, -0.1) is 12.4 Å². The van der Waals surface area contributed by atoms with Crippen molar-refractivity contribution in [1.29, 1.82) is 0 Å². The van der Waals surface area contributed by atoms with Crippen molar-refractivity contribution in [2.75, 3.05) is 0 Å². The largest absolute Gasteiger partial charge is 0.480 e. The number of likely N-dealkylation sites (tertiary alicyclic amines) is 1. The van der Waals surface area contributed by atoms with Gasteiger partial charge in [0.2, 0.25) is 0 Å². The lowest BCUT2D eigenvalue weighted by molar-refractivity contribution is -0.142. The number of aliphatic carboxylic acids is 1. The van der Waals surface area contributed by atoms with Crippen molar-refractivity contribution in [2.45, 2.75) is 50.7 Å². The molecule has 2 fully saturated rings. The maximum atomic E-state index is 13.3. The SMILES string of the molecule is Cl.O=C(O)C1CC2CCCCC2N1Cc1ccc(F)c(Br)c1. The maximum Gasteiger partial charge on any atom is 0.320 e. The number of halogens is 3. The molecule has 3 unspecified atom stereocenters. The van der Waals surface area contributed by atoms with Crippen LogP contribution in [0.4, 0.5) is 4.39 Å². The molecule has 1 aliphatic carbocycles. The van der Waals surface area contributed by atoms with E-state index in [2.05, 4.69) is 20.8 Å². The second-order valence-electron chi connectivity index (χ2n) is 6.12. The number of nitrogens with zero attached hydrogens (tertiary/aromatic N) is 1. The van der Waals surface area contributed by atoms with E-state index in [1.807, 2.05) is 0 Å². The van der Waals surface area contributed by atoms with Gasteiger partial charge in [0.1, 0.15) is 11.9 Å². The third-order valence-corrected chi connectivity index (χ3v) is 5.46. The summed E-state index contributed by atoms with van der Waals surface area (Å²) in [4.78, 5) is 13.7. The minimum Gasteiger partial charge on any atom is -0.480 e. The van der Waals surface area contributed by atoms with Crippen LogP contribution >= 0.6 is 28.3 Å². The highest BCUT2D eigenvalue weighted by molar-refractivity contribution is 9.10. The second-order valence-corrected chi connectivity index (χ2v) is 6.98. The Labute approximate surface area is 144 Å². The van der Waals surface area contributed by atoms with Gasteiger partial charge < -0.3 is 5.11 Å². The standard InChI is InChI=1S/C16H19BrFNO2.ClH/c17-12-7-10(5-6-13(12)18)9-19-14-4-2-1-3-11(14)8-15(19)16(20)21;/h5-7,11,14-15H,1-4,8-9H2,(H,20,21);1H. The topological polar surface area (TPSA) is 40.5 Å². The Hall–Kier alpha value is -0.650. The van der Waals surface area contributed by atoms with E-state index in [0.717, 1.165) is 24.8 Å². The third kappa shape index (κ3) is 3.47. The smallest absolute Gasteiger partial charge is 0.320 e. The van der Waals surface area contributed by atoms with E-state index in [0.29, 0.717) is 23.0 Å². The summed E-state index contributed by atoms with van der Waals surface area (Å²) in [6, 6.07) is 4.90. The van der Waals surface area contributed by atoms with Crippen molar-refractivity contribution in [1.82, 2.24) is 4.90 Å². The van der Waals surface area contributed by atoms with E-state index in [9.17, 15) is 14.3 Å². The summed E-state index contributed by atoms with van der Waals surface area (Å²) in [5.74, 6) is -0.514. The Morgan fingerprint density at radius 1 is 1.36 bits per heavy atom. The molecule has 0 aromatic heterocycles. The number of carboxylic acids is 1. The molecule has 1 aromatic carbocycles. The molecule has 1 N–H and O–H groups in total. The lowest BCUT2D eigenvalue weighted by Gasteiger charge is -2.33. The predicted octanol–water partition coefficient (Wildman–Crippen LogP) is 4.23. The number of benzene rings is 1. The molecule has 6 heteroatoms. The highest BCUT2D eigenvalue weighted by Gasteiger charge is 2.44. The van der Waals surface area contributed by atoms with Gasteiger partial charge >= 0.3 is 5.97 Å². The minimum atomic E-state index is -0.731. The number of hydrogen-bond acceptors (Lipinski definition) is 2. The van der Waals surface area contributed by atoms with Gasteiger partial charge in [0.05, 0.1) is 4.47 Å². The zero-order valence-electron chi connectivity index (χ0n) is 12.2. The number of carbonyl (C=O) groups is 1. The van der Waals surface area contributed by atoms with Gasteiger partial charge in [-0.2, -0.15) is 0 Å². The summed E-state index contributed by atoms with van der Waals surface area (Å²) in [6.45, 7) is 0.580. The molecule has 0 bridgehead atoms. The number of rotatable bonds is 3. The molecule has 1 heterocycles. The fourth-order valence-corrected chi connectivity index (χ4v) is 4.30. The molecule has 0 spiro atoms. The van der Waals surface area contributed by atoms with Crippen LogP contribution in [0.25, 0.3) is 0 Å². The van der Waals surface area contributed by atoms with Crippen LogP contribution in [0, 0.1) is 11.7 Å². The second kappa shape index (κ2) is 7.28. The Morgan fingerprint density at radius 2 is 2.09 bits per heavy atom. The maximum absolute atomic E-state index is 13.3. The van der Waals surface area contributed by atoms with Crippen LogP contribution in [0.15, 0.2) is 22.7 Å². The van der Waals surface area contributed by atoms with Crippen LogP contribution in [0.5, 0.6) is 0 Å². The first kappa shape index (κ1) is 17.7. The number of carboxylic acid groups (broad SMARTS) is 1. The fourth-order valence-electron chi connectivity index (χ4n) is 3.87. The first-order valence-electron chi connectivity index (χ1n) is 7.48. The Balaban J connectivity index is 0.00000176. The summed E-state index contributed by atoms with van der Waals surface area (Å²) in [7, 11) is 0. The minimum absolute atomic E-state index is 0. The zero-order valence-corrected chi connectivity index (χ0v) is 14.6. The first-order valence-corrected chi connectivity index (χ1v) is 8.28. The van der Waals surface area contributed by atoms with Crippen LogP contribution in [0.2, 0.25) is 0 Å². The van der Waals surface area contributed by atoms with Gasteiger partial charge in [0.15, 0.2) is 0 Å². The number of hydrogen-bond donors (Lipinski definition) is 1. The fraction of sp³-hybridized carbons (Fsp3) is 0.562. The monoisotopic (exact) mass is 391 g/mol. The summed E-state index contributed by atoms with van der Waals surface area (Å²) >= 11 is 3.20. The molecular formula is C16H20BrClFNO2. The van der Waals surface area contributed by atoms with E-state index in [1.54, 1.807) is 12.1 Å². The number of fused-ring (bicyclic) bond motifs is 1. The summed E-state index contributed by atoms with van der Waals surface area (Å²) in [5, 5.41) is 9.50. The van der Waals surface area contributed by atoms with Gasteiger partial charge in [-0.05, 0) is 58.8 Å². The molecule has 0 amide bonds. The van der Waals surface area contributed by atoms with Crippen molar-refractivity contribution in [3.05, 3.63) is 34.1 Å². The molecule has 122 valence electrons. The molecule has 3 atom stereocenters. The Kier molecular flexibility index (Phi) is 5.86. The molecule has 0 radical (unpaired) electrons. The highest BCUT2D eigenvalue weighted by atomic mass is 79.9. The van der Waals surface area contributed by atoms with E-state index in [-0.39, 0.29) is 18.2 Å². The third-order valence-electron chi connectivity index (χ3n) is 4.86. The lowest BCUT2D eigenvalue weighted by atomic mass is 9.84. The molecular weight excluding hydrogens is 373 g/mol. The van der Waals surface area contributed by atoms with Crippen LogP contribution in [0.3, 0.4) is 0 Å². The van der Waals surface area contributed by atoms with Crippen molar-refractivity contribution >= 4 is 34.3 Å². The normalized spacial score (nSPS) is 28.0. The molecule has 1 saturated heterocycles. The van der Waals surface area contributed by atoms with Crippen LogP contribution in [0.1, 0.15) is 37.7 Å². The predicted molar refractivity (Wildman–Crippen MR) is 88.7 cm³/mol. The Bertz CT molecular complexity index is 557. The van der Waals surface area contributed by atoms with Crippen LogP contribution in [-0.2, 0) is 11.3 Å². The summed E-state index contributed by atoms with van der Waals surface area (Å²) in [6.07, 6.45) is 5.36. The van der Waals surface area contributed by atoms with Gasteiger partial charge in [-0.3, -0.25) is 9.69 Å². The molecule has 3 nitrogen and oxygen atoms in total. The van der Waals surface area contributed by atoms with Gasteiger partial charge in [0.25, 0.3) is 0 Å². The first-order chi connectivity index (χ1) is 10.1. The van der Waals surface area contributed by atoms with Crippen molar-refractivity contribution < 1.29 is 14.3 Å². The van der Waals surface area contributed by atoms with Gasteiger partial charge in [0, 0.05) is 12.6 Å². The molecule has 1 aliphatic heterocycles. The van der Waals surface area contributed by atoms with Gasteiger partial charge in [-0.25, -0.2) is 4.39 Å². The summed E-state index contributed by atoms with van der Waals surface area (Å²) in [5.41, 5.74) is 0.959. The van der Waals surface area contributed by atoms with E-state index in [4.69, 9.17) is 0 Å². The van der Waals surface area contributed by atoms with Crippen molar-refractivity contribution in [3.63, 3.8) is 0 Å².